The van der Waals surface area contributed by atoms with Crippen molar-refractivity contribution in [3.63, 3.8) is 0 Å². The molecule has 1 aliphatic heterocycles. The summed E-state index contributed by atoms with van der Waals surface area (Å²) in [5, 5.41) is 11.7. The predicted molar refractivity (Wildman–Crippen MR) is 108 cm³/mol. The molecule has 8 heteroatoms. The number of aromatic nitrogens is 3. The molecule has 0 spiro atoms. The van der Waals surface area contributed by atoms with E-state index in [9.17, 15) is 4.79 Å². The zero-order valence-electron chi connectivity index (χ0n) is 15.4. The average Bonchev–Trinajstić information content (AvgIpc) is 3.20. The number of ether oxygens (including phenoxy) is 2. The predicted octanol–water partition coefficient (Wildman–Crippen LogP) is 3.33. The number of amides is 1. The first-order chi connectivity index (χ1) is 13.7. The standard InChI is InChI=1S/C20H20N4O3S/c1-2-14-5-3-4-6-16(14)24-13-21-23-20(24)28-12-19(25)22-15-7-8-17-18(11-15)27-10-9-26-17/h3-8,11,13H,2,9-10,12H2,1H3,(H,22,25). The topological polar surface area (TPSA) is 78.3 Å². The van der Waals surface area contributed by atoms with E-state index in [0.717, 1.165) is 12.1 Å². The fraction of sp³-hybridized carbons (Fsp3) is 0.250. The minimum atomic E-state index is -0.125. The number of benzene rings is 2. The van der Waals surface area contributed by atoms with Gasteiger partial charge in [-0.1, -0.05) is 36.9 Å². The van der Waals surface area contributed by atoms with Crippen LogP contribution in [-0.4, -0.2) is 39.6 Å². The number of fused-ring (bicyclic) bond motifs is 1. The maximum absolute atomic E-state index is 12.4. The van der Waals surface area contributed by atoms with E-state index in [0.29, 0.717) is 35.6 Å². The monoisotopic (exact) mass is 396 g/mol. The van der Waals surface area contributed by atoms with E-state index in [4.69, 9.17) is 9.47 Å². The Morgan fingerprint density at radius 1 is 1.18 bits per heavy atom. The van der Waals surface area contributed by atoms with Crippen LogP contribution in [0.4, 0.5) is 5.69 Å². The summed E-state index contributed by atoms with van der Waals surface area (Å²) in [6, 6.07) is 13.5. The molecule has 0 saturated heterocycles. The van der Waals surface area contributed by atoms with Crippen LogP contribution in [0.5, 0.6) is 11.5 Å². The van der Waals surface area contributed by atoms with Crippen molar-refractivity contribution in [2.24, 2.45) is 0 Å². The van der Waals surface area contributed by atoms with Gasteiger partial charge in [0.15, 0.2) is 16.7 Å². The molecule has 7 nitrogen and oxygen atoms in total. The average molecular weight is 396 g/mol. The van der Waals surface area contributed by atoms with Crippen molar-refractivity contribution >= 4 is 23.4 Å². The Morgan fingerprint density at radius 3 is 2.86 bits per heavy atom. The fourth-order valence-electron chi connectivity index (χ4n) is 2.98. The number of rotatable bonds is 6. The molecule has 3 aromatic rings. The van der Waals surface area contributed by atoms with Gasteiger partial charge >= 0.3 is 0 Å². The quantitative estimate of drug-likeness (QED) is 0.644. The fourth-order valence-corrected chi connectivity index (χ4v) is 3.70. The zero-order chi connectivity index (χ0) is 19.3. The number of carbonyl (C=O) groups excluding carboxylic acids is 1. The first kappa shape index (κ1) is 18.4. The molecule has 1 amide bonds. The SMILES string of the molecule is CCc1ccccc1-n1cnnc1SCC(=O)Nc1ccc2c(c1)OCCO2. The molecule has 0 unspecified atom stereocenters. The van der Waals surface area contributed by atoms with Crippen molar-refractivity contribution in [2.75, 3.05) is 24.3 Å². The van der Waals surface area contributed by atoms with Crippen LogP contribution in [0.3, 0.4) is 0 Å². The van der Waals surface area contributed by atoms with E-state index in [1.54, 1.807) is 24.5 Å². The van der Waals surface area contributed by atoms with Crippen LogP contribution in [0.25, 0.3) is 5.69 Å². The van der Waals surface area contributed by atoms with E-state index >= 15 is 0 Å². The third kappa shape index (κ3) is 3.96. The molecule has 0 fully saturated rings. The van der Waals surface area contributed by atoms with E-state index in [-0.39, 0.29) is 11.7 Å². The van der Waals surface area contributed by atoms with Gasteiger partial charge < -0.3 is 14.8 Å². The molecule has 2 heterocycles. The lowest BCUT2D eigenvalue weighted by atomic mass is 10.1. The van der Waals surface area contributed by atoms with Gasteiger partial charge in [0.2, 0.25) is 5.91 Å². The van der Waals surface area contributed by atoms with E-state index < -0.39 is 0 Å². The Morgan fingerprint density at radius 2 is 2.00 bits per heavy atom. The molecule has 0 saturated carbocycles. The first-order valence-electron chi connectivity index (χ1n) is 9.05. The molecule has 0 atom stereocenters. The number of carbonyl (C=O) groups is 1. The smallest absolute Gasteiger partial charge is 0.234 e. The summed E-state index contributed by atoms with van der Waals surface area (Å²) >= 11 is 1.35. The summed E-state index contributed by atoms with van der Waals surface area (Å²) in [6.07, 6.45) is 2.58. The van der Waals surface area contributed by atoms with E-state index in [2.05, 4.69) is 28.5 Å². The molecule has 0 aliphatic carbocycles. The number of hydrogen-bond acceptors (Lipinski definition) is 6. The Kier molecular flexibility index (Phi) is 5.48. The maximum Gasteiger partial charge on any atom is 0.234 e. The number of aryl methyl sites for hydroxylation is 1. The first-order valence-corrected chi connectivity index (χ1v) is 10.0. The second-order valence-electron chi connectivity index (χ2n) is 6.16. The molecule has 144 valence electrons. The molecule has 28 heavy (non-hydrogen) atoms. The highest BCUT2D eigenvalue weighted by atomic mass is 32.2. The highest BCUT2D eigenvalue weighted by Gasteiger charge is 2.15. The normalized spacial score (nSPS) is 12.6. The number of anilines is 1. The molecule has 4 rings (SSSR count). The third-order valence-corrected chi connectivity index (χ3v) is 5.25. The lowest BCUT2D eigenvalue weighted by molar-refractivity contribution is -0.113. The molecule has 1 aliphatic rings. The van der Waals surface area contributed by atoms with Crippen molar-refractivity contribution in [1.82, 2.24) is 14.8 Å². The lowest BCUT2D eigenvalue weighted by Crippen LogP contribution is -2.17. The van der Waals surface area contributed by atoms with Gasteiger partial charge in [0.25, 0.3) is 0 Å². The summed E-state index contributed by atoms with van der Waals surface area (Å²) in [6.45, 7) is 3.16. The summed E-state index contributed by atoms with van der Waals surface area (Å²) < 4.78 is 13.0. The van der Waals surface area contributed by atoms with Crippen LogP contribution in [0.1, 0.15) is 12.5 Å². The molecule has 0 radical (unpaired) electrons. The summed E-state index contributed by atoms with van der Waals surface area (Å²) in [4.78, 5) is 12.4. The van der Waals surface area contributed by atoms with Gasteiger partial charge in [-0.2, -0.15) is 0 Å². The minimum absolute atomic E-state index is 0.125. The van der Waals surface area contributed by atoms with Gasteiger partial charge in [-0.15, -0.1) is 10.2 Å². The van der Waals surface area contributed by atoms with Crippen LogP contribution in [-0.2, 0) is 11.2 Å². The lowest BCUT2D eigenvalue weighted by Gasteiger charge is -2.19. The largest absolute Gasteiger partial charge is 0.486 e. The molecule has 2 aromatic carbocycles. The van der Waals surface area contributed by atoms with E-state index in [1.165, 1.54) is 17.3 Å². The van der Waals surface area contributed by atoms with Crippen molar-refractivity contribution in [3.8, 4) is 17.2 Å². The highest BCUT2D eigenvalue weighted by molar-refractivity contribution is 7.99. The molecular formula is C20H20N4O3S. The van der Waals surface area contributed by atoms with Crippen LogP contribution < -0.4 is 14.8 Å². The molecule has 0 bridgehead atoms. The Balaban J connectivity index is 1.41. The van der Waals surface area contributed by atoms with Crippen molar-refractivity contribution in [1.29, 1.82) is 0 Å². The van der Waals surface area contributed by atoms with Gasteiger partial charge in [-0.25, -0.2) is 0 Å². The van der Waals surface area contributed by atoms with Gasteiger partial charge in [0, 0.05) is 11.8 Å². The van der Waals surface area contributed by atoms with Crippen LogP contribution >= 0.6 is 11.8 Å². The third-order valence-electron chi connectivity index (χ3n) is 4.31. The summed E-state index contributed by atoms with van der Waals surface area (Å²) in [7, 11) is 0. The van der Waals surface area contributed by atoms with Gasteiger partial charge in [-0.05, 0) is 30.2 Å². The van der Waals surface area contributed by atoms with Crippen LogP contribution in [0, 0.1) is 0 Å². The Bertz CT molecular complexity index is 989. The van der Waals surface area contributed by atoms with Crippen LogP contribution in [0.15, 0.2) is 53.9 Å². The zero-order valence-corrected chi connectivity index (χ0v) is 16.2. The minimum Gasteiger partial charge on any atom is -0.486 e. The number of nitrogens with zero attached hydrogens (tertiary/aromatic N) is 3. The number of nitrogens with one attached hydrogen (secondary N) is 1. The molecular weight excluding hydrogens is 376 g/mol. The molecule has 1 N–H and O–H groups in total. The number of thioether (sulfide) groups is 1. The summed E-state index contributed by atoms with van der Waals surface area (Å²) in [5.74, 6) is 1.44. The Hall–Kier alpha value is -3.00. The maximum atomic E-state index is 12.4. The van der Waals surface area contributed by atoms with Gasteiger partial charge in [-0.3, -0.25) is 9.36 Å². The van der Waals surface area contributed by atoms with E-state index in [1.807, 2.05) is 22.8 Å². The number of para-hydroxylation sites is 1. The van der Waals surface area contributed by atoms with Crippen molar-refractivity contribution < 1.29 is 14.3 Å². The molecule has 1 aromatic heterocycles. The van der Waals surface area contributed by atoms with Crippen molar-refractivity contribution in [2.45, 2.75) is 18.5 Å². The van der Waals surface area contributed by atoms with Gasteiger partial charge in [0.05, 0.1) is 11.4 Å². The second kappa shape index (κ2) is 8.35. The summed E-state index contributed by atoms with van der Waals surface area (Å²) in [5.41, 5.74) is 2.90. The van der Waals surface area contributed by atoms with Crippen molar-refractivity contribution in [3.05, 3.63) is 54.4 Å². The van der Waals surface area contributed by atoms with Gasteiger partial charge in [0.1, 0.15) is 19.5 Å². The number of hydrogen-bond donors (Lipinski definition) is 1. The highest BCUT2D eigenvalue weighted by Crippen LogP contribution is 2.32. The van der Waals surface area contributed by atoms with Crippen LogP contribution in [0.2, 0.25) is 0 Å². The Labute approximate surface area is 167 Å². The second-order valence-corrected chi connectivity index (χ2v) is 7.10.